The fraction of sp³-hybridized carbons (Fsp3) is 0.316. The Bertz CT molecular complexity index is 597. The zero-order valence-electron chi connectivity index (χ0n) is 13.0. The number of aliphatic hydroxyl groups is 1. The van der Waals surface area contributed by atoms with Crippen LogP contribution in [-0.2, 0) is 10.4 Å². The summed E-state index contributed by atoms with van der Waals surface area (Å²) in [5, 5.41) is 11.5. The van der Waals surface area contributed by atoms with Gasteiger partial charge in [0.1, 0.15) is 0 Å². The van der Waals surface area contributed by atoms with Gasteiger partial charge >= 0.3 is 0 Å². The van der Waals surface area contributed by atoms with Crippen LogP contribution in [0, 0.1) is 0 Å². The number of amides is 1. The highest BCUT2D eigenvalue weighted by Crippen LogP contribution is 2.32. The summed E-state index contributed by atoms with van der Waals surface area (Å²) < 4.78 is 0. The Balaban J connectivity index is 2.03. The van der Waals surface area contributed by atoms with E-state index in [2.05, 4.69) is 0 Å². The molecule has 3 nitrogen and oxygen atoms in total. The second kappa shape index (κ2) is 7.20. The lowest BCUT2D eigenvalue weighted by Gasteiger charge is -2.33. The fourth-order valence-corrected chi connectivity index (χ4v) is 3.84. The van der Waals surface area contributed by atoms with Crippen LogP contribution in [-0.4, -0.2) is 40.5 Å². The average Bonchev–Trinajstić information content (AvgIpc) is 2.91. The van der Waals surface area contributed by atoms with Gasteiger partial charge < -0.3 is 10.0 Å². The summed E-state index contributed by atoms with van der Waals surface area (Å²) in [6.45, 7) is 1.39. The molecule has 1 N–H and O–H groups in total. The van der Waals surface area contributed by atoms with Crippen molar-refractivity contribution in [1.29, 1.82) is 0 Å². The fourth-order valence-electron chi connectivity index (χ4n) is 2.95. The van der Waals surface area contributed by atoms with Gasteiger partial charge in [0.15, 0.2) is 5.60 Å². The number of hydrogen-bond donors (Lipinski definition) is 1. The van der Waals surface area contributed by atoms with E-state index in [0.29, 0.717) is 24.2 Å². The quantitative estimate of drug-likeness (QED) is 0.942. The third-order valence-electron chi connectivity index (χ3n) is 4.20. The Labute approximate surface area is 141 Å². The molecular formula is C19H21NO2S. The lowest BCUT2D eigenvalue weighted by atomic mass is 9.85. The molecule has 0 unspecified atom stereocenters. The normalized spacial score (nSPS) is 16.0. The maximum Gasteiger partial charge on any atom is 0.264 e. The van der Waals surface area contributed by atoms with Gasteiger partial charge in [-0.2, -0.15) is 11.8 Å². The largest absolute Gasteiger partial charge is 0.372 e. The summed E-state index contributed by atoms with van der Waals surface area (Å²) in [6.07, 6.45) is 0.968. The molecule has 1 amide bonds. The van der Waals surface area contributed by atoms with Gasteiger partial charge in [-0.05, 0) is 23.3 Å². The van der Waals surface area contributed by atoms with Gasteiger partial charge in [-0.1, -0.05) is 60.7 Å². The second-order valence-corrected chi connectivity index (χ2v) is 6.93. The molecule has 0 bridgehead atoms. The molecule has 0 atom stereocenters. The first-order valence-corrected chi connectivity index (χ1v) is 9.09. The van der Waals surface area contributed by atoms with Crippen LogP contribution in [0.1, 0.15) is 17.5 Å². The monoisotopic (exact) mass is 327 g/mol. The standard InChI is InChI=1S/C19H21NO2S/c21-18(20-12-7-14-23-15-13-20)19(22,16-8-3-1-4-9-16)17-10-5-2-6-11-17/h1-6,8-11,22H,7,12-15H2. The number of carbonyl (C=O) groups is 1. The van der Waals surface area contributed by atoms with Crippen molar-refractivity contribution in [3.8, 4) is 0 Å². The van der Waals surface area contributed by atoms with Crippen LogP contribution in [0.4, 0.5) is 0 Å². The van der Waals surface area contributed by atoms with E-state index >= 15 is 0 Å². The van der Waals surface area contributed by atoms with Gasteiger partial charge in [-0.15, -0.1) is 0 Å². The number of nitrogens with zero attached hydrogens (tertiary/aromatic N) is 1. The van der Waals surface area contributed by atoms with Crippen molar-refractivity contribution in [3.63, 3.8) is 0 Å². The van der Waals surface area contributed by atoms with Crippen molar-refractivity contribution >= 4 is 17.7 Å². The zero-order chi connectivity index (χ0) is 16.1. The second-order valence-electron chi connectivity index (χ2n) is 5.70. The van der Waals surface area contributed by atoms with Crippen molar-refractivity contribution < 1.29 is 9.90 Å². The number of rotatable bonds is 3. The Morgan fingerprint density at radius 1 is 0.913 bits per heavy atom. The van der Waals surface area contributed by atoms with Crippen molar-refractivity contribution in [1.82, 2.24) is 4.90 Å². The van der Waals surface area contributed by atoms with Crippen LogP contribution < -0.4 is 0 Å². The number of thioether (sulfide) groups is 1. The zero-order valence-corrected chi connectivity index (χ0v) is 13.8. The van der Waals surface area contributed by atoms with E-state index in [9.17, 15) is 9.90 Å². The lowest BCUT2D eigenvalue weighted by molar-refractivity contribution is -0.147. The molecule has 1 saturated heterocycles. The molecule has 0 radical (unpaired) electrons. The maximum absolute atomic E-state index is 13.2. The first kappa shape index (κ1) is 16.1. The third-order valence-corrected chi connectivity index (χ3v) is 5.25. The van der Waals surface area contributed by atoms with Crippen molar-refractivity contribution in [3.05, 3.63) is 71.8 Å². The molecule has 3 rings (SSSR count). The molecule has 1 aliphatic rings. The van der Waals surface area contributed by atoms with E-state index in [1.165, 1.54) is 0 Å². The van der Waals surface area contributed by atoms with Gasteiger partial charge in [0.25, 0.3) is 5.91 Å². The molecule has 0 spiro atoms. The van der Waals surface area contributed by atoms with Crippen LogP contribution in [0.15, 0.2) is 60.7 Å². The molecule has 4 heteroatoms. The number of carbonyl (C=O) groups excluding carboxylic acids is 1. The van der Waals surface area contributed by atoms with E-state index in [4.69, 9.17) is 0 Å². The first-order valence-electron chi connectivity index (χ1n) is 7.93. The van der Waals surface area contributed by atoms with Gasteiger partial charge in [-0.3, -0.25) is 4.79 Å². The molecule has 1 heterocycles. The third kappa shape index (κ3) is 3.28. The molecule has 1 fully saturated rings. The van der Waals surface area contributed by atoms with E-state index in [1.807, 2.05) is 72.4 Å². The Kier molecular flexibility index (Phi) is 5.03. The maximum atomic E-state index is 13.2. The van der Waals surface area contributed by atoms with Gasteiger partial charge in [0, 0.05) is 18.8 Å². The van der Waals surface area contributed by atoms with Crippen molar-refractivity contribution in [2.24, 2.45) is 0 Å². The van der Waals surface area contributed by atoms with Gasteiger partial charge in [0.2, 0.25) is 0 Å². The van der Waals surface area contributed by atoms with Crippen molar-refractivity contribution in [2.45, 2.75) is 12.0 Å². The Hall–Kier alpha value is -1.78. The van der Waals surface area contributed by atoms with Crippen LogP contribution in [0.25, 0.3) is 0 Å². The minimum Gasteiger partial charge on any atom is -0.372 e. The van der Waals surface area contributed by atoms with Crippen LogP contribution in [0.2, 0.25) is 0 Å². The predicted octanol–water partition coefficient (Wildman–Crippen LogP) is 2.89. The summed E-state index contributed by atoms with van der Waals surface area (Å²) in [6, 6.07) is 18.5. The minimum atomic E-state index is -1.63. The van der Waals surface area contributed by atoms with Crippen molar-refractivity contribution in [2.75, 3.05) is 24.6 Å². The Morgan fingerprint density at radius 2 is 1.48 bits per heavy atom. The molecule has 23 heavy (non-hydrogen) atoms. The summed E-state index contributed by atoms with van der Waals surface area (Å²) in [5.41, 5.74) is -0.390. The highest BCUT2D eigenvalue weighted by atomic mass is 32.2. The summed E-state index contributed by atoms with van der Waals surface area (Å²) in [5.74, 6) is 1.77. The van der Waals surface area contributed by atoms with Crippen LogP contribution in [0.3, 0.4) is 0 Å². The summed E-state index contributed by atoms with van der Waals surface area (Å²) in [7, 11) is 0. The van der Waals surface area contributed by atoms with Gasteiger partial charge in [-0.25, -0.2) is 0 Å². The lowest BCUT2D eigenvalue weighted by Crippen LogP contribution is -2.48. The summed E-state index contributed by atoms with van der Waals surface area (Å²) >= 11 is 1.86. The average molecular weight is 327 g/mol. The molecule has 0 saturated carbocycles. The van der Waals surface area contributed by atoms with Crippen LogP contribution >= 0.6 is 11.8 Å². The van der Waals surface area contributed by atoms with Gasteiger partial charge in [0.05, 0.1) is 0 Å². The van der Waals surface area contributed by atoms with E-state index in [1.54, 1.807) is 4.90 Å². The topological polar surface area (TPSA) is 40.5 Å². The molecule has 2 aromatic carbocycles. The van der Waals surface area contributed by atoms with Crippen LogP contribution in [0.5, 0.6) is 0 Å². The number of hydrogen-bond acceptors (Lipinski definition) is 3. The minimum absolute atomic E-state index is 0.225. The Morgan fingerprint density at radius 3 is 2.04 bits per heavy atom. The molecule has 0 aromatic heterocycles. The smallest absolute Gasteiger partial charge is 0.264 e. The molecule has 1 aliphatic heterocycles. The highest BCUT2D eigenvalue weighted by molar-refractivity contribution is 7.99. The van der Waals surface area contributed by atoms with E-state index in [-0.39, 0.29) is 5.91 Å². The number of benzene rings is 2. The van der Waals surface area contributed by atoms with E-state index in [0.717, 1.165) is 17.9 Å². The SMILES string of the molecule is O=C(N1CCCSCC1)C(O)(c1ccccc1)c1ccccc1. The molecule has 0 aliphatic carbocycles. The summed E-state index contributed by atoms with van der Waals surface area (Å²) in [4.78, 5) is 15.0. The highest BCUT2D eigenvalue weighted by Gasteiger charge is 2.42. The molecular weight excluding hydrogens is 306 g/mol. The van der Waals surface area contributed by atoms with E-state index < -0.39 is 5.60 Å². The first-order chi connectivity index (χ1) is 11.2. The molecule has 120 valence electrons. The molecule has 2 aromatic rings. The predicted molar refractivity (Wildman–Crippen MR) is 94.4 cm³/mol.